The van der Waals surface area contributed by atoms with Gasteiger partial charge in [0.1, 0.15) is 12.2 Å². The van der Waals surface area contributed by atoms with Crippen LogP contribution in [0.5, 0.6) is 0 Å². The van der Waals surface area contributed by atoms with Gasteiger partial charge >= 0.3 is 11.7 Å². The van der Waals surface area contributed by atoms with Crippen molar-refractivity contribution in [3.63, 3.8) is 0 Å². The van der Waals surface area contributed by atoms with Gasteiger partial charge in [0.05, 0.1) is 28.7 Å². The molecule has 0 bridgehead atoms. The van der Waals surface area contributed by atoms with E-state index < -0.39 is 44.3 Å². The molecule has 43 heavy (non-hydrogen) atoms. The Morgan fingerprint density at radius 2 is 1.70 bits per heavy atom. The topological polar surface area (TPSA) is 176 Å². The molecule has 1 atom stereocenters. The zero-order valence-electron chi connectivity index (χ0n) is 22.7. The molecule has 13 nitrogen and oxygen atoms in total. The highest BCUT2D eigenvalue weighted by Gasteiger charge is 2.31. The number of pyridine rings is 1. The lowest BCUT2D eigenvalue weighted by molar-refractivity contribution is -0.143. The number of nitrogens with zero attached hydrogens (tertiary/aromatic N) is 3. The smallest absolute Gasteiger partial charge is 0.333 e. The number of hydrogen-bond donors (Lipinski definition) is 2. The first kappa shape index (κ1) is 29.7. The molecule has 1 aliphatic rings. The number of benzene rings is 2. The number of thioether (sulfide) groups is 1. The fourth-order valence-corrected chi connectivity index (χ4v) is 6.40. The van der Waals surface area contributed by atoms with Crippen LogP contribution in [0.15, 0.2) is 81.3 Å². The molecule has 2 aromatic carbocycles. The first-order chi connectivity index (χ1) is 20.6. The molecule has 2 N–H and O–H groups in total. The van der Waals surface area contributed by atoms with Gasteiger partial charge in [-0.2, -0.15) is 0 Å². The third-order valence-corrected chi connectivity index (χ3v) is 8.92. The molecule has 15 heteroatoms. The number of imide groups is 1. The maximum Gasteiger partial charge on any atom is 0.333 e. The van der Waals surface area contributed by atoms with Crippen molar-refractivity contribution in [3.05, 3.63) is 98.8 Å². The third-order valence-electron chi connectivity index (χ3n) is 6.54. The number of nitrogens with one attached hydrogen (secondary N) is 2. The Labute approximate surface area is 248 Å². The Morgan fingerprint density at radius 3 is 2.35 bits per heavy atom. The van der Waals surface area contributed by atoms with E-state index in [2.05, 4.69) is 15.0 Å². The molecule has 2 aromatic heterocycles. The van der Waals surface area contributed by atoms with E-state index in [1.807, 2.05) is 0 Å². The summed E-state index contributed by atoms with van der Waals surface area (Å²) in [4.78, 5) is 65.8. The van der Waals surface area contributed by atoms with Crippen LogP contribution in [0.25, 0.3) is 11.0 Å². The molecule has 5 rings (SSSR count). The predicted octanol–water partition coefficient (Wildman–Crippen LogP) is 1.86. The molecule has 0 radical (unpaired) electrons. The molecule has 0 aliphatic carbocycles. The van der Waals surface area contributed by atoms with Crippen molar-refractivity contribution in [2.24, 2.45) is 0 Å². The van der Waals surface area contributed by atoms with Crippen LogP contribution in [0.4, 0.5) is 10.5 Å². The molecule has 1 unspecified atom stereocenters. The van der Waals surface area contributed by atoms with E-state index in [-0.39, 0.29) is 47.1 Å². The maximum absolute atomic E-state index is 13.3. The number of amides is 2. The molecule has 3 heterocycles. The number of anilines is 1. The molecule has 1 saturated heterocycles. The summed E-state index contributed by atoms with van der Waals surface area (Å²) in [7, 11) is -3.96. The molecule has 1 fully saturated rings. The first-order valence-electron chi connectivity index (χ1n) is 13.0. The molecule has 0 spiro atoms. The Hall–Kier alpha value is -4.76. The lowest BCUT2D eigenvalue weighted by Crippen LogP contribution is -2.41. The first-order valence-corrected chi connectivity index (χ1v) is 15.4. The standard InChI is InChI=1S/C28H25N5O8S2/c1-2-41-23(34)16-32-24-21(4-3-13-29-24)26(36)33(28(32)38)15-18-5-9-19(10-6-18)31-43(39,40)20-11-7-17(8-12-20)14-22-25(35)30-27(37)42-22/h3-13,22,31H,2,14-16H2,1H3,(H,30,35,37). The van der Waals surface area contributed by atoms with E-state index in [4.69, 9.17) is 4.74 Å². The summed E-state index contributed by atoms with van der Waals surface area (Å²) in [6.45, 7) is 1.21. The predicted molar refractivity (Wildman–Crippen MR) is 158 cm³/mol. The minimum absolute atomic E-state index is 0.00148. The number of hydrogen-bond acceptors (Lipinski definition) is 10. The highest BCUT2D eigenvalue weighted by molar-refractivity contribution is 8.15. The minimum atomic E-state index is -3.96. The summed E-state index contributed by atoms with van der Waals surface area (Å²) in [5.74, 6) is -1.02. The minimum Gasteiger partial charge on any atom is -0.465 e. The van der Waals surface area contributed by atoms with E-state index >= 15 is 0 Å². The fraction of sp³-hybridized carbons (Fsp3) is 0.214. The third kappa shape index (κ3) is 6.52. The molecule has 2 amide bonds. The average Bonchev–Trinajstić information content (AvgIpc) is 3.30. The Bertz CT molecular complexity index is 1950. The summed E-state index contributed by atoms with van der Waals surface area (Å²) in [6, 6.07) is 15.2. The van der Waals surface area contributed by atoms with Gasteiger partial charge in [0.25, 0.3) is 20.8 Å². The van der Waals surface area contributed by atoms with Crippen molar-refractivity contribution < 1.29 is 27.5 Å². The van der Waals surface area contributed by atoms with Crippen LogP contribution in [0.3, 0.4) is 0 Å². The van der Waals surface area contributed by atoms with Crippen LogP contribution >= 0.6 is 11.8 Å². The highest BCUT2D eigenvalue weighted by atomic mass is 32.2. The zero-order valence-corrected chi connectivity index (χ0v) is 24.3. The normalized spacial score (nSPS) is 15.0. The maximum atomic E-state index is 13.3. The summed E-state index contributed by atoms with van der Waals surface area (Å²) in [5.41, 5.74) is 0.227. The van der Waals surface area contributed by atoms with Gasteiger partial charge in [0.2, 0.25) is 5.91 Å². The molecular formula is C28H25N5O8S2. The van der Waals surface area contributed by atoms with Crippen LogP contribution < -0.4 is 21.3 Å². The number of carbonyl (C=O) groups excluding carboxylic acids is 3. The summed E-state index contributed by atoms with van der Waals surface area (Å²) >= 11 is 0.899. The molecule has 1 aliphatic heterocycles. The van der Waals surface area contributed by atoms with E-state index in [0.717, 1.165) is 20.9 Å². The number of aromatic nitrogens is 3. The summed E-state index contributed by atoms with van der Waals surface area (Å²) < 4.78 is 35.4. The lowest BCUT2D eigenvalue weighted by Gasteiger charge is -2.13. The largest absolute Gasteiger partial charge is 0.465 e. The number of ether oxygens (including phenoxy) is 1. The zero-order chi connectivity index (χ0) is 30.7. The second-order valence-corrected chi connectivity index (χ2v) is 12.3. The lowest BCUT2D eigenvalue weighted by atomic mass is 10.1. The number of carbonyl (C=O) groups is 3. The van der Waals surface area contributed by atoms with Crippen molar-refractivity contribution in [2.45, 2.75) is 36.6 Å². The van der Waals surface area contributed by atoms with E-state index in [0.29, 0.717) is 11.1 Å². The number of rotatable bonds is 10. The number of sulfonamides is 1. The average molecular weight is 624 g/mol. The van der Waals surface area contributed by atoms with Gasteiger partial charge < -0.3 is 4.74 Å². The van der Waals surface area contributed by atoms with E-state index in [1.165, 1.54) is 36.5 Å². The van der Waals surface area contributed by atoms with Crippen LogP contribution in [-0.4, -0.2) is 51.5 Å². The van der Waals surface area contributed by atoms with Crippen LogP contribution in [-0.2, 0) is 43.9 Å². The number of fused-ring (bicyclic) bond motifs is 1. The van der Waals surface area contributed by atoms with Crippen LogP contribution in [0.2, 0.25) is 0 Å². The second-order valence-electron chi connectivity index (χ2n) is 9.47. The van der Waals surface area contributed by atoms with Gasteiger partial charge in [-0.1, -0.05) is 36.0 Å². The van der Waals surface area contributed by atoms with Crippen LogP contribution in [0, 0.1) is 0 Å². The monoisotopic (exact) mass is 623 g/mol. The molecule has 4 aromatic rings. The number of esters is 1. The van der Waals surface area contributed by atoms with Gasteiger partial charge in [-0.15, -0.1) is 0 Å². The van der Waals surface area contributed by atoms with Gasteiger partial charge in [-0.25, -0.2) is 18.2 Å². The Morgan fingerprint density at radius 1 is 1.00 bits per heavy atom. The van der Waals surface area contributed by atoms with Gasteiger partial charge in [-0.3, -0.25) is 38.4 Å². The van der Waals surface area contributed by atoms with Gasteiger partial charge in [0.15, 0.2) is 0 Å². The van der Waals surface area contributed by atoms with Gasteiger partial charge in [0, 0.05) is 11.9 Å². The van der Waals surface area contributed by atoms with E-state index in [1.54, 1.807) is 37.3 Å². The summed E-state index contributed by atoms with van der Waals surface area (Å²) in [6.07, 6.45) is 1.70. The van der Waals surface area contributed by atoms with Crippen molar-refractivity contribution in [1.82, 2.24) is 19.4 Å². The van der Waals surface area contributed by atoms with Crippen molar-refractivity contribution in [3.8, 4) is 0 Å². The summed E-state index contributed by atoms with van der Waals surface area (Å²) in [5, 5.41) is 1.41. The van der Waals surface area contributed by atoms with Gasteiger partial charge in [-0.05, 0) is 60.9 Å². The van der Waals surface area contributed by atoms with Crippen molar-refractivity contribution in [1.29, 1.82) is 0 Å². The van der Waals surface area contributed by atoms with Crippen molar-refractivity contribution >= 4 is 55.6 Å². The SMILES string of the molecule is CCOC(=O)Cn1c(=O)n(Cc2ccc(NS(=O)(=O)c3ccc(CC4SC(=O)NC4=O)cc3)cc2)c(=O)c2cccnc21. The second kappa shape index (κ2) is 12.2. The Kier molecular flexibility index (Phi) is 8.45. The molecule has 0 saturated carbocycles. The fourth-order valence-electron chi connectivity index (χ4n) is 4.49. The van der Waals surface area contributed by atoms with Crippen molar-refractivity contribution in [2.75, 3.05) is 11.3 Å². The Balaban J connectivity index is 1.32. The quantitative estimate of drug-likeness (QED) is 0.248. The van der Waals surface area contributed by atoms with Crippen LogP contribution in [0.1, 0.15) is 18.1 Å². The van der Waals surface area contributed by atoms with E-state index in [9.17, 15) is 32.4 Å². The molecule has 222 valence electrons. The molecular weight excluding hydrogens is 598 g/mol. The highest BCUT2D eigenvalue weighted by Crippen LogP contribution is 2.24.